The van der Waals surface area contributed by atoms with Crippen molar-refractivity contribution in [1.29, 1.82) is 0 Å². The summed E-state index contributed by atoms with van der Waals surface area (Å²) in [6.07, 6.45) is 1.92. The summed E-state index contributed by atoms with van der Waals surface area (Å²) in [4.78, 5) is 11.4. The molecule has 0 spiro atoms. The van der Waals surface area contributed by atoms with Crippen LogP contribution in [0.15, 0.2) is 36.5 Å². The Kier molecular flexibility index (Phi) is 3.61. The van der Waals surface area contributed by atoms with Gasteiger partial charge in [0.05, 0.1) is 5.69 Å². The van der Waals surface area contributed by atoms with E-state index in [1.165, 1.54) is 12.1 Å². The maximum absolute atomic E-state index is 12.8. The summed E-state index contributed by atoms with van der Waals surface area (Å²) >= 11 is 2.17. The van der Waals surface area contributed by atoms with E-state index in [2.05, 4.69) is 22.6 Å². The molecule has 1 aromatic heterocycles. The number of aromatic nitrogens is 1. The first-order valence-electron chi connectivity index (χ1n) is 5.17. The summed E-state index contributed by atoms with van der Waals surface area (Å²) < 4.78 is 15.7. The van der Waals surface area contributed by atoms with E-state index >= 15 is 0 Å². The number of nitrogens with zero attached hydrogens (tertiary/aromatic N) is 1. The summed E-state index contributed by atoms with van der Waals surface area (Å²) in [6.45, 7) is 2.13. The molecule has 0 saturated heterocycles. The molecule has 0 radical (unpaired) electrons. The number of carbonyl (C=O) groups excluding carboxylic acids is 1. The van der Waals surface area contributed by atoms with E-state index in [4.69, 9.17) is 0 Å². The largest absolute Gasteiger partial charge is 0.340 e. The maximum Gasteiger partial charge on any atom is 0.176 e. The summed E-state index contributed by atoms with van der Waals surface area (Å²) in [7, 11) is 0. The first-order valence-corrected chi connectivity index (χ1v) is 6.25. The molecular weight excluding hydrogens is 332 g/mol. The van der Waals surface area contributed by atoms with Crippen molar-refractivity contribution < 1.29 is 9.18 Å². The van der Waals surface area contributed by atoms with Crippen molar-refractivity contribution in [2.24, 2.45) is 0 Å². The van der Waals surface area contributed by atoms with Crippen LogP contribution in [-0.4, -0.2) is 10.4 Å². The molecule has 0 aliphatic carbocycles. The molecule has 4 heteroatoms. The van der Waals surface area contributed by atoms with Gasteiger partial charge in [0.15, 0.2) is 5.78 Å². The zero-order valence-corrected chi connectivity index (χ0v) is 11.4. The molecule has 17 heavy (non-hydrogen) atoms. The summed E-state index contributed by atoms with van der Waals surface area (Å²) in [5, 5.41) is 0. The third-order valence-corrected chi connectivity index (χ3v) is 3.08. The van der Waals surface area contributed by atoms with Crippen molar-refractivity contribution in [3.8, 4) is 0 Å². The SMILES string of the molecule is CC(=O)c1cc(I)cn1Cc1ccc(F)cc1. The smallest absolute Gasteiger partial charge is 0.176 e. The molecule has 0 unspecified atom stereocenters. The molecular formula is C13H11FINO. The average Bonchev–Trinajstić information content (AvgIpc) is 2.63. The zero-order chi connectivity index (χ0) is 12.4. The Balaban J connectivity index is 2.29. The lowest BCUT2D eigenvalue weighted by Crippen LogP contribution is -2.06. The fourth-order valence-corrected chi connectivity index (χ4v) is 2.32. The number of benzene rings is 1. The van der Waals surface area contributed by atoms with E-state index in [-0.39, 0.29) is 11.6 Å². The monoisotopic (exact) mass is 343 g/mol. The van der Waals surface area contributed by atoms with Crippen LogP contribution in [0.2, 0.25) is 0 Å². The van der Waals surface area contributed by atoms with Gasteiger partial charge in [0.2, 0.25) is 0 Å². The number of hydrogen-bond acceptors (Lipinski definition) is 1. The van der Waals surface area contributed by atoms with Gasteiger partial charge in [-0.1, -0.05) is 12.1 Å². The molecule has 0 atom stereocenters. The molecule has 0 aliphatic heterocycles. The van der Waals surface area contributed by atoms with Crippen LogP contribution in [0.25, 0.3) is 0 Å². The number of carbonyl (C=O) groups is 1. The summed E-state index contributed by atoms with van der Waals surface area (Å²) in [5.74, 6) is -0.211. The summed E-state index contributed by atoms with van der Waals surface area (Å²) in [5.41, 5.74) is 1.65. The van der Waals surface area contributed by atoms with Gasteiger partial charge in [0, 0.05) is 23.2 Å². The van der Waals surface area contributed by atoms with Crippen LogP contribution in [0.3, 0.4) is 0 Å². The molecule has 0 bridgehead atoms. The van der Waals surface area contributed by atoms with E-state index in [0.29, 0.717) is 12.2 Å². The van der Waals surface area contributed by atoms with Crippen LogP contribution < -0.4 is 0 Å². The molecule has 2 nitrogen and oxygen atoms in total. The van der Waals surface area contributed by atoms with E-state index in [0.717, 1.165) is 9.13 Å². The van der Waals surface area contributed by atoms with Gasteiger partial charge in [0.1, 0.15) is 5.82 Å². The highest BCUT2D eigenvalue weighted by molar-refractivity contribution is 14.1. The number of ketones is 1. The second kappa shape index (κ2) is 5.00. The maximum atomic E-state index is 12.8. The van der Waals surface area contributed by atoms with Gasteiger partial charge in [0.25, 0.3) is 0 Å². The number of halogens is 2. The highest BCUT2D eigenvalue weighted by Crippen LogP contribution is 2.14. The van der Waals surface area contributed by atoms with Crippen LogP contribution >= 0.6 is 22.6 Å². The minimum atomic E-state index is -0.248. The Morgan fingerprint density at radius 2 is 2.00 bits per heavy atom. The Bertz CT molecular complexity index is 545. The lowest BCUT2D eigenvalue weighted by Gasteiger charge is -2.06. The molecule has 1 heterocycles. The second-order valence-electron chi connectivity index (χ2n) is 3.85. The lowest BCUT2D eigenvalue weighted by molar-refractivity contribution is 0.100. The van der Waals surface area contributed by atoms with Gasteiger partial charge in [-0.05, 0) is 46.4 Å². The molecule has 88 valence electrons. The van der Waals surface area contributed by atoms with Crippen molar-refractivity contribution >= 4 is 28.4 Å². The first kappa shape index (κ1) is 12.3. The van der Waals surface area contributed by atoms with E-state index in [1.807, 2.05) is 16.8 Å². The van der Waals surface area contributed by atoms with Crippen LogP contribution in [-0.2, 0) is 6.54 Å². The molecule has 0 aliphatic rings. The Hall–Kier alpha value is -1.17. The van der Waals surface area contributed by atoms with Crippen LogP contribution in [0.5, 0.6) is 0 Å². The van der Waals surface area contributed by atoms with Crippen molar-refractivity contribution in [3.63, 3.8) is 0 Å². The molecule has 0 fully saturated rings. The quantitative estimate of drug-likeness (QED) is 0.618. The second-order valence-corrected chi connectivity index (χ2v) is 5.10. The molecule has 2 aromatic rings. The third kappa shape index (κ3) is 2.94. The molecule has 0 amide bonds. The lowest BCUT2D eigenvalue weighted by atomic mass is 10.2. The van der Waals surface area contributed by atoms with E-state index in [9.17, 15) is 9.18 Å². The molecule has 0 saturated carbocycles. The van der Waals surface area contributed by atoms with Gasteiger partial charge in [-0.3, -0.25) is 4.79 Å². The highest BCUT2D eigenvalue weighted by Gasteiger charge is 2.09. The van der Waals surface area contributed by atoms with Crippen molar-refractivity contribution in [2.75, 3.05) is 0 Å². The normalized spacial score (nSPS) is 10.5. The number of hydrogen-bond donors (Lipinski definition) is 0. The van der Waals surface area contributed by atoms with Gasteiger partial charge in [-0.2, -0.15) is 0 Å². The van der Waals surface area contributed by atoms with Crippen LogP contribution in [0.1, 0.15) is 23.0 Å². The first-order chi connectivity index (χ1) is 8.06. The fraction of sp³-hybridized carbons (Fsp3) is 0.154. The van der Waals surface area contributed by atoms with Crippen molar-refractivity contribution in [1.82, 2.24) is 4.57 Å². The number of Topliss-reactive ketones (excluding diaryl/α,β-unsaturated/α-hetero) is 1. The molecule has 2 rings (SSSR count). The van der Waals surface area contributed by atoms with Crippen LogP contribution in [0, 0.1) is 9.39 Å². The predicted octanol–water partition coefficient (Wildman–Crippen LogP) is 3.48. The van der Waals surface area contributed by atoms with Crippen molar-refractivity contribution in [3.05, 3.63) is 57.2 Å². The highest BCUT2D eigenvalue weighted by atomic mass is 127. The minimum Gasteiger partial charge on any atom is -0.340 e. The Labute approximate surface area is 113 Å². The van der Waals surface area contributed by atoms with Gasteiger partial charge in [-0.15, -0.1) is 0 Å². The topological polar surface area (TPSA) is 22.0 Å². The van der Waals surface area contributed by atoms with Gasteiger partial charge < -0.3 is 4.57 Å². The van der Waals surface area contributed by atoms with Crippen molar-refractivity contribution in [2.45, 2.75) is 13.5 Å². The number of rotatable bonds is 3. The molecule has 1 aromatic carbocycles. The Morgan fingerprint density at radius 1 is 1.35 bits per heavy atom. The van der Waals surface area contributed by atoms with Crippen LogP contribution in [0.4, 0.5) is 4.39 Å². The predicted molar refractivity (Wildman–Crippen MR) is 72.7 cm³/mol. The van der Waals surface area contributed by atoms with E-state index < -0.39 is 0 Å². The van der Waals surface area contributed by atoms with Gasteiger partial charge in [-0.25, -0.2) is 4.39 Å². The third-order valence-electron chi connectivity index (χ3n) is 2.49. The minimum absolute atomic E-state index is 0.0371. The van der Waals surface area contributed by atoms with E-state index in [1.54, 1.807) is 19.1 Å². The van der Waals surface area contributed by atoms with Gasteiger partial charge >= 0.3 is 0 Å². The fourth-order valence-electron chi connectivity index (χ4n) is 1.69. The Morgan fingerprint density at radius 3 is 2.59 bits per heavy atom. The molecule has 0 N–H and O–H groups in total. The standard InChI is InChI=1S/C13H11FINO/c1-9(17)13-6-12(15)8-16(13)7-10-2-4-11(14)5-3-10/h2-6,8H,7H2,1H3. The summed E-state index contributed by atoms with van der Waals surface area (Å²) in [6, 6.07) is 8.17. The zero-order valence-electron chi connectivity index (χ0n) is 9.28. The average molecular weight is 343 g/mol.